The average Bonchev–Trinajstić information content (AvgIpc) is 2.63. The molecule has 1 heterocycles. The van der Waals surface area contributed by atoms with Gasteiger partial charge in [-0.15, -0.1) is 0 Å². The zero-order valence-electron chi connectivity index (χ0n) is 14.6. The smallest absolute Gasteiger partial charge is 0.241 e. The first kappa shape index (κ1) is 20.0. The lowest BCUT2D eigenvalue weighted by Crippen LogP contribution is -2.48. The molecule has 2 N–H and O–H groups in total. The van der Waals surface area contributed by atoms with E-state index in [1.165, 1.54) is 0 Å². The fourth-order valence-electron chi connectivity index (χ4n) is 2.94. The summed E-state index contributed by atoms with van der Waals surface area (Å²) >= 11 is 12.1. The summed E-state index contributed by atoms with van der Waals surface area (Å²) in [5.41, 5.74) is 0.514. The highest BCUT2D eigenvalue weighted by molar-refractivity contribution is 6.44. The lowest BCUT2D eigenvalue weighted by Gasteiger charge is -2.34. The van der Waals surface area contributed by atoms with Gasteiger partial charge in [0.15, 0.2) is 0 Å². The van der Waals surface area contributed by atoms with Gasteiger partial charge in [0.05, 0.1) is 21.8 Å². The van der Waals surface area contributed by atoms with Crippen LogP contribution in [0.4, 0.5) is 5.69 Å². The van der Waals surface area contributed by atoms with E-state index in [9.17, 15) is 9.59 Å². The number of amides is 2. The van der Waals surface area contributed by atoms with E-state index in [0.717, 1.165) is 38.9 Å². The molecular formula is C18H25Cl2N3O2. The summed E-state index contributed by atoms with van der Waals surface area (Å²) < 4.78 is 0. The molecule has 1 aliphatic heterocycles. The van der Waals surface area contributed by atoms with Crippen LogP contribution in [0.15, 0.2) is 18.2 Å². The Morgan fingerprint density at radius 3 is 2.60 bits per heavy atom. The predicted octanol–water partition coefficient (Wildman–Crippen LogP) is 3.56. The monoisotopic (exact) mass is 385 g/mol. The number of halogens is 2. The summed E-state index contributed by atoms with van der Waals surface area (Å²) in [4.78, 5) is 26.6. The molecule has 1 fully saturated rings. The standard InChI is InChI=1S/C18H25Cl2N3O2/c1-3-9-21-18(25)13-7-10-23(11-8-13)12(2)17(24)22-15-6-4-5-14(19)16(15)20/h4-6,12-13H,3,7-11H2,1-2H3,(H,21,25)(H,22,24). The number of hydrogen-bond donors (Lipinski definition) is 2. The van der Waals surface area contributed by atoms with Crippen molar-refractivity contribution in [1.29, 1.82) is 0 Å². The molecule has 5 nitrogen and oxygen atoms in total. The number of likely N-dealkylation sites (tertiary alicyclic amines) is 1. The third kappa shape index (κ3) is 5.33. The number of piperidine rings is 1. The molecule has 1 atom stereocenters. The molecule has 1 saturated heterocycles. The molecule has 0 saturated carbocycles. The molecule has 1 unspecified atom stereocenters. The summed E-state index contributed by atoms with van der Waals surface area (Å²) in [6, 6.07) is 4.85. The van der Waals surface area contributed by atoms with Crippen molar-refractivity contribution in [3.63, 3.8) is 0 Å². The van der Waals surface area contributed by atoms with E-state index >= 15 is 0 Å². The second-order valence-electron chi connectivity index (χ2n) is 6.37. The van der Waals surface area contributed by atoms with Crippen molar-refractivity contribution in [2.24, 2.45) is 5.92 Å². The topological polar surface area (TPSA) is 61.4 Å². The molecule has 1 aromatic rings. The highest BCUT2D eigenvalue weighted by atomic mass is 35.5. The van der Waals surface area contributed by atoms with Gasteiger partial charge in [-0.3, -0.25) is 14.5 Å². The first-order chi connectivity index (χ1) is 11.9. The van der Waals surface area contributed by atoms with Crippen LogP contribution in [0.1, 0.15) is 33.1 Å². The number of anilines is 1. The molecule has 1 aliphatic rings. The largest absolute Gasteiger partial charge is 0.356 e. The molecule has 0 aliphatic carbocycles. The van der Waals surface area contributed by atoms with Crippen LogP contribution in [0.3, 0.4) is 0 Å². The molecule has 0 aromatic heterocycles. The Morgan fingerprint density at radius 2 is 1.96 bits per heavy atom. The van der Waals surface area contributed by atoms with Crippen molar-refractivity contribution >= 4 is 40.7 Å². The van der Waals surface area contributed by atoms with Crippen molar-refractivity contribution in [3.8, 4) is 0 Å². The van der Waals surface area contributed by atoms with Crippen LogP contribution < -0.4 is 10.6 Å². The van der Waals surface area contributed by atoms with Gasteiger partial charge in [0.1, 0.15) is 0 Å². The number of benzene rings is 1. The van der Waals surface area contributed by atoms with Crippen LogP contribution in [-0.4, -0.2) is 42.4 Å². The normalized spacial score (nSPS) is 17.1. The summed E-state index contributed by atoms with van der Waals surface area (Å²) in [6.07, 6.45) is 2.48. The van der Waals surface area contributed by atoms with Gasteiger partial charge in [0.25, 0.3) is 0 Å². The maximum Gasteiger partial charge on any atom is 0.241 e. The summed E-state index contributed by atoms with van der Waals surface area (Å²) in [6.45, 7) is 6.07. The van der Waals surface area contributed by atoms with Gasteiger partial charge in [0.2, 0.25) is 11.8 Å². The van der Waals surface area contributed by atoms with Crippen LogP contribution in [0.2, 0.25) is 10.0 Å². The Balaban J connectivity index is 1.87. The van der Waals surface area contributed by atoms with Crippen LogP contribution in [-0.2, 0) is 9.59 Å². The number of carbonyl (C=O) groups excluding carboxylic acids is 2. The summed E-state index contributed by atoms with van der Waals surface area (Å²) in [5, 5.41) is 6.53. The minimum Gasteiger partial charge on any atom is -0.356 e. The Kier molecular flexibility index (Phi) is 7.54. The van der Waals surface area contributed by atoms with Crippen LogP contribution in [0, 0.1) is 5.92 Å². The molecular weight excluding hydrogens is 361 g/mol. The fraction of sp³-hybridized carbons (Fsp3) is 0.556. The van der Waals surface area contributed by atoms with Crippen LogP contribution >= 0.6 is 23.2 Å². The number of rotatable bonds is 6. The van der Waals surface area contributed by atoms with Crippen molar-refractivity contribution in [1.82, 2.24) is 10.2 Å². The van der Waals surface area contributed by atoms with Crippen molar-refractivity contribution in [3.05, 3.63) is 28.2 Å². The summed E-state index contributed by atoms with van der Waals surface area (Å²) in [7, 11) is 0. The molecule has 25 heavy (non-hydrogen) atoms. The number of nitrogens with one attached hydrogen (secondary N) is 2. The number of nitrogens with zero attached hydrogens (tertiary/aromatic N) is 1. The van der Waals surface area contributed by atoms with Crippen molar-refractivity contribution < 1.29 is 9.59 Å². The van der Waals surface area contributed by atoms with Gasteiger partial charge in [0, 0.05) is 12.5 Å². The number of carbonyl (C=O) groups is 2. The molecule has 7 heteroatoms. The van der Waals surface area contributed by atoms with E-state index in [2.05, 4.69) is 15.5 Å². The Labute approximate surface area is 159 Å². The summed E-state index contributed by atoms with van der Waals surface area (Å²) in [5.74, 6) is 0.0443. The van der Waals surface area contributed by atoms with Gasteiger partial charge in [-0.05, 0) is 51.4 Å². The minimum atomic E-state index is -0.297. The minimum absolute atomic E-state index is 0.0421. The van der Waals surface area contributed by atoms with Gasteiger partial charge in [-0.25, -0.2) is 0 Å². The van der Waals surface area contributed by atoms with E-state index in [1.807, 2.05) is 13.8 Å². The van der Waals surface area contributed by atoms with Crippen molar-refractivity contribution in [2.45, 2.75) is 39.2 Å². The fourth-order valence-corrected chi connectivity index (χ4v) is 3.29. The predicted molar refractivity (Wildman–Crippen MR) is 102 cm³/mol. The van der Waals surface area contributed by atoms with E-state index in [-0.39, 0.29) is 23.8 Å². The van der Waals surface area contributed by atoms with E-state index in [0.29, 0.717) is 15.7 Å². The number of hydrogen-bond acceptors (Lipinski definition) is 3. The maximum atomic E-state index is 12.5. The van der Waals surface area contributed by atoms with Crippen molar-refractivity contribution in [2.75, 3.05) is 25.0 Å². The second-order valence-corrected chi connectivity index (χ2v) is 7.15. The van der Waals surface area contributed by atoms with E-state index < -0.39 is 0 Å². The van der Waals surface area contributed by atoms with E-state index in [4.69, 9.17) is 23.2 Å². The molecule has 2 rings (SSSR count). The second kappa shape index (κ2) is 9.41. The first-order valence-electron chi connectivity index (χ1n) is 8.70. The zero-order valence-corrected chi connectivity index (χ0v) is 16.2. The van der Waals surface area contributed by atoms with Gasteiger partial charge in [-0.2, -0.15) is 0 Å². The molecule has 0 bridgehead atoms. The SMILES string of the molecule is CCCNC(=O)C1CCN(C(C)C(=O)Nc2cccc(Cl)c2Cl)CC1. The molecule has 138 valence electrons. The average molecular weight is 386 g/mol. The highest BCUT2D eigenvalue weighted by Crippen LogP contribution is 2.30. The van der Waals surface area contributed by atoms with Gasteiger partial charge < -0.3 is 10.6 Å². The third-order valence-electron chi connectivity index (χ3n) is 4.59. The Hall–Kier alpha value is -1.30. The van der Waals surface area contributed by atoms with Crippen LogP contribution in [0.25, 0.3) is 0 Å². The van der Waals surface area contributed by atoms with Gasteiger partial charge >= 0.3 is 0 Å². The molecule has 0 spiro atoms. The zero-order chi connectivity index (χ0) is 18.4. The Bertz CT molecular complexity index is 616. The molecule has 1 aromatic carbocycles. The molecule has 0 radical (unpaired) electrons. The molecule has 2 amide bonds. The first-order valence-corrected chi connectivity index (χ1v) is 9.46. The van der Waals surface area contributed by atoms with Gasteiger partial charge in [-0.1, -0.05) is 36.2 Å². The lowest BCUT2D eigenvalue weighted by molar-refractivity contribution is -0.127. The lowest BCUT2D eigenvalue weighted by atomic mass is 9.95. The third-order valence-corrected chi connectivity index (χ3v) is 5.41. The Morgan fingerprint density at radius 1 is 1.28 bits per heavy atom. The van der Waals surface area contributed by atoms with E-state index in [1.54, 1.807) is 18.2 Å². The quantitative estimate of drug-likeness (QED) is 0.786. The maximum absolute atomic E-state index is 12.5. The highest BCUT2D eigenvalue weighted by Gasteiger charge is 2.29. The van der Waals surface area contributed by atoms with Crippen LogP contribution in [0.5, 0.6) is 0 Å².